The van der Waals surface area contributed by atoms with Gasteiger partial charge in [-0.1, -0.05) is 36.4 Å². The van der Waals surface area contributed by atoms with Crippen LogP contribution in [0.2, 0.25) is 0 Å². The maximum atomic E-state index is 11.0. The molecule has 4 heteroatoms. The Morgan fingerprint density at radius 2 is 1.75 bits per heavy atom. The smallest absolute Gasteiger partial charge is 0.336 e. The second-order valence-electron chi connectivity index (χ2n) is 4.30. The molecule has 0 saturated carbocycles. The van der Waals surface area contributed by atoms with Crippen molar-refractivity contribution in [3.8, 4) is 5.75 Å². The number of hydrogen-bond acceptors (Lipinski definition) is 3. The highest BCUT2D eigenvalue weighted by Gasteiger charge is 2.07. The number of carbonyl (C=O) groups is 1. The van der Waals surface area contributed by atoms with E-state index in [0.29, 0.717) is 25.3 Å². The van der Waals surface area contributed by atoms with Crippen molar-refractivity contribution >= 4 is 5.97 Å². The fraction of sp³-hybridized carbons (Fsp3) is 0.188. The quantitative estimate of drug-likeness (QED) is 0.760. The van der Waals surface area contributed by atoms with E-state index in [2.05, 4.69) is 5.32 Å². The Hall–Kier alpha value is -2.33. The van der Waals surface area contributed by atoms with Crippen molar-refractivity contribution in [2.75, 3.05) is 13.2 Å². The summed E-state index contributed by atoms with van der Waals surface area (Å²) in [5.74, 6) is -0.0665. The fourth-order valence-electron chi connectivity index (χ4n) is 1.86. The summed E-state index contributed by atoms with van der Waals surface area (Å²) in [7, 11) is 0. The number of hydrogen-bond donors (Lipinski definition) is 2. The van der Waals surface area contributed by atoms with Gasteiger partial charge in [-0.15, -0.1) is 0 Å². The summed E-state index contributed by atoms with van der Waals surface area (Å²) in [5, 5.41) is 12.2. The van der Waals surface area contributed by atoms with Crippen LogP contribution in [0.4, 0.5) is 0 Å². The van der Waals surface area contributed by atoms with Crippen molar-refractivity contribution < 1.29 is 14.6 Å². The second-order valence-corrected chi connectivity index (χ2v) is 4.30. The molecule has 104 valence electrons. The van der Waals surface area contributed by atoms with Gasteiger partial charge >= 0.3 is 5.97 Å². The van der Waals surface area contributed by atoms with Crippen LogP contribution in [0.3, 0.4) is 0 Å². The molecule has 20 heavy (non-hydrogen) atoms. The first-order chi connectivity index (χ1) is 9.77. The molecule has 2 rings (SSSR count). The summed E-state index contributed by atoms with van der Waals surface area (Å²) >= 11 is 0. The number of carboxylic acids is 1. The maximum absolute atomic E-state index is 11.0. The zero-order valence-corrected chi connectivity index (χ0v) is 11.1. The van der Waals surface area contributed by atoms with E-state index in [-0.39, 0.29) is 0 Å². The topological polar surface area (TPSA) is 58.6 Å². The Kier molecular flexibility index (Phi) is 5.15. The molecular weight excluding hydrogens is 254 g/mol. The number of carboxylic acid groups (broad SMARTS) is 1. The van der Waals surface area contributed by atoms with Gasteiger partial charge in [0.1, 0.15) is 12.4 Å². The minimum absolute atomic E-state index is 0.337. The Balaban J connectivity index is 1.75. The van der Waals surface area contributed by atoms with Crippen LogP contribution >= 0.6 is 0 Å². The van der Waals surface area contributed by atoms with Gasteiger partial charge in [-0.05, 0) is 23.8 Å². The van der Waals surface area contributed by atoms with Crippen LogP contribution in [-0.4, -0.2) is 24.2 Å². The molecule has 0 radical (unpaired) electrons. The minimum atomic E-state index is -0.900. The highest BCUT2D eigenvalue weighted by Crippen LogP contribution is 2.09. The molecule has 0 amide bonds. The van der Waals surface area contributed by atoms with E-state index in [4.69, 9.17) is 9.84 Å². The third kappa shape index (κ3) is 4.10. The average Bonchev–Trinajstić information content (AvgIpc) is 2.48. The number of ether oxygens (including phenoxy) is 1. The molecule has 0 aromatic heterocycles. The summed E-state index contributed by atoms with van der Waals surface area (Å²) < 4.78 is 5.54. The van der Waals surface area contributed by atoms with Crippen molar-refractivity contribution in [1.29, 1.82) is 0 Å². The van der Waals surface area contributed by atoms with E-state index in [1.54, 1.807) is 12.1 Å². The molecule has 4 nitrogen and oxygen atoms in total. The van der Waals surface area contributed by atoms with Gasteiger partial charge in [0.05, 0.1) is 5.56 Å². The fourth-order valence-corrected chi connectivity index (χ4v) is 1.86. The van der Waals surface area contributed by atoms with Gasteiger partial charge in [0.2, 0.25) is 0 Å². The van der Waals surface area contributed by atoms with Crippen LogP contribution in [-0.2, 0) is 6.54 Å². The van der Waals surface area contributed by atoms with Crippen molar-refractivity contribution in [3.05, 3.63) is 65.7 Å². The molecule has 0 fully saturated rings. The maximum Gasteiger partial charge on any atom is 0.336 e. The van der Waals surface area contributed by atoms with Gasteiger partial charge < -0.3 is 15.2 Å². The number of benzene rings is 2. The zero-order valence-electron chi connectivity index (χ0n) is 11.1. The van der Waals surface area contributed by atoms with Crippen molar-refractivity contribution in [1.82, 2.24) is 5.32 Å². The van der Waals surface area contributed by atoms with Gasteiger partial charge in [0, 0.05) is 13.1 Å². The summed E-state index contributed by atoms with van der Waals surface area (Å²) in [6.07, 6.45) is 0. The molecule has 0 aliphatic rings. The first-order valence-corrected chi connectivity index (χ1v) is 6.47. The van der Waals surface area contributed by atoms with Crippen LogP contribution in [0.1, 0.15) is 15.9 Å². The van der Waals surface area contributed by atoms with E-state index in [9.17, 15) is 4.79 Å². The zero-order chi connectivity index (χ0) is 14.2. The van der Waals surface area contributed by atoms with Crippen LogP contribution in [0.15, 0.2) is 54.6 Å². The van der Waals surface area contributed by atoms with Gasteiger partial charge in [-0.2, -0.15) is 0 Å². The number of aromatic carboxylic acids is 1. The lowest BCUT2D eigenvalue weighted by Gasteiger charge is -2.09. The first-order valence-electron chi connectivity index (χ1n) is 6.47. The molecule has 2 N–H and O–H groups in total. The van der Waals surface area contributed by atoms with Gasteiger partial charge in [-0.25, -0.2) is 4.79 Å². The number of para-hydroxylation sites is 1. The van der Waals surface area contributed by atoms with E-state index in [1.165, 1.54) is 0 Å². The third-order valence-corrected chi connectivity index (χ3v) is 2.85. The SMILES string of the molecule is O=C(O)c1ccccc1CNCCOc1ccccc1. The van der Waals surface area contributed by atoms with E-state index >= 15 is 0 Å². The van der Waals surface area contributed by atoms with Gasteiger partial charge in [0.25, 0.3) is 0 Å². The molecule has 0 bridgehead atoms. The van der Waals surface area contributed by atoms with E-state index in [0.717, 1.165) is 11.3 Å². The second kappa shape index (κ2) is 7.31. The largest absolute Gasteiger partial charge is 0.492 e. The predicted octanol–water partition coefficient (Wildman–Crippen LogP) is 2.55. The normalized spacial score (nSPS) is 10.2. The lowest BCUT2D eigenvalue weighted by atomic mass is 10.1. The molecule has 0 heterocycles. The van der Waals surface area contributed by atoms with Gasteiger partial charge in [0.15, 0.2) is 0 Å². The van der Waals surface area contributed by atoms with E-state index < -0.39 is 5.97 Å². The lowest BCUT2D eigenvalue weighted by molar-refractivity contribution is 0.0695. The Labute approximate surface area is 118 Å². The third-order valence-electron chi connectivity index (χ3n) is 2.85. The highest BCUT2D eigenvalue weighted by atomic mass is 16.5. The Morgan fingerprint density at radius 1 is 1.05 bits per heavy atom. The summed E-state index contributed by atoms with van der Waals surface area (Å²) in [4.78, 5) is 11.0. The molecule has 0 saturated heterocycles. The molecule has 0 unspecified atom stereocenters. The molecule has 0 spiro atoms. The van der Waals surface area contributed by atoms with E-state index in [1.807, 2.05) is 42.5 Å². The molecule has 0 aliphatic carbocycles. The highest BCUT2D eigenvalue weighted by molar-refractivity contribution is 5.89. The number of rotatable bonds is 7. The van der Waals surface area contributed by atoms with Crippen molar-refractivity contribution in [2.45, 2.75) is 6.54 Å². The number of nitrogens with one attached hydrogen (secondary N) is 1. The summed E-state index contributed by atoms with van der Waals surface area (Å²) in [6.45, 7) is 1.71. The van der Waals surface area contributed by atoms with Crippen LogP contribution in [0, 0.1) is 0 Å². The molecule has 0 aliphatic heterocycles. The minimum Gasteiger partial charge on any atom is -0.492 e. The standard InChI is InChI=1S/C16H17NO3/c18-16(19)15-9-5-4-6-13(15)12-17-10-11-20-14-7-2-1-3-8-14/h1-9,17H,10-12H2,(H,18,19). The molecular formula is C16H17NO3. The van der Waals surface area contributed by atoms with Crippen molar-refractivity contribution in [2.24, 2.45) is 0 Å². The van der Waals surface area contributed by atoms with Crippen molar-refractivity contribution in [3.63, 3.8) is 0 Å². The predicted molar refractivity (Wildman–Crippen MR) is 77.0 cm³/mol. The summed E-state index contributed by atoms with van der Waals surface area (Å²) in [5.41, 5.74) is 1.11. The average molecular weight is 271 g/mol. The lowest BCUT2D eigenvalue weighted by Crippen LogP contribution is -2.21. The van der Waals surface area contributed by atoms with Crippen LogP contribution in [0.25, 0.3) is 0 Å². The van der Waals surface area contributed by atoms with Crippen LogP contribution in [0.5, 0.6) is 5.75 Å². The van der Waals surface area contributed by atoms with Gasteiger partial charge in [-0.3, -0.25) is 0 Å². The molecule has 2 aromatic rings. The molecule has 2 aromatic carbocycles. The summed E-state index contributed by atoms with van der Waals surface area (Å²) in [6, 6.07) is 16.6. The first kappa shape index (κ1) is 14.1. The Morgan fingerprint density at radius 3 is 2.50 bits per heavy atom. The van der Waals surface area contributed by atoms with Crippen LogP contribution < -0.4 is 10.1 Å². The monoisotopic (exact) mass is 271 g/mol. The molecule has 0 atom stereocenters. The Bertz CT molecular complexity index is 555.